The summed E-state index contributed by atoms with van der Waals surface area (Å²) in [5.41, 5.74) is 4.63. The van der Waals surface area contributed by atoms with E-state index in [2.05, 4.69) is 43.8 Å². The second-order valence-electron chi connectivity index (χ2n) is 8.09. The molecule has 1 saturated carbocycles. The Morgan fingerprint density at radius 1 is 1.07 bits per heavy atom. The van der Waals surface area contributed by atoms with Crippen LogP contribution in [0.25, 0.3) is 11.1 Å². The molecule has 2 aromatic carbocycles. The van der Waals surface area contributed by atoms with Crippen molar-refractivity contribution < 1.29 is 19.4 Å². The zero-order chi connectivity index (χ0) is 21.3. The van der Waals surface area contributed by atoms with Gasteiger partial charge in [0.15, 0.2) is 0 Å². The summed E-state index contributed by atoms with van der Waals surface area (Å²) in [6, 6.07) is 14.9. The van der Waals surface area contributed by atoms with Gasteiger partial charge in [-0.3, -0.25) is 0 Å². The minimum Gasteiger partial charge on any atom is -0.491 e. The highest BCUT2D eigenvalue weighted by Crippen LogP contribution is 2.36. The van der Waals surface area contributed by atoms with Crippen LogP contribution in [0.15, 0.2) is 55.1 Å². The molecule has 4 nitrogen and oxygen atoms in total. The summed E-state index contributed by atoms with van der Waals surface area (Å²) in [4.78, 5) is 11.3. The Morgan fingerprint density at radius 3 is 2.43 bits per heavy atom. The van der Waals surface area contributed by atoms with Crippen molar-refractivity contribution in [2.75, 3.05) is 19.8 Å². The van der Waals surface area contributed by atoms with Gasteiger partial charge in [-0.05, 0) is 59.1 Å². The Labute approximate surface area is 179 Å². The molecule has 0 amide bonds. The Kier molecular flexibility index (Phi) is 8.09. The highest BCUT2D eigenvalue weighted by Gasteiger charge is 2.19. The molecule has 1 fully saturated rings. The molecule has 1 aliphatic carbocycles. The monoisotopic (exact) mass is 408 g/mol. The first-order valence-corrected chi connectivity index (χ1v) is 10.9. The summed E-state index contributed by atoms with van der Waals surface area (Å²) >= 11 is 0. The van der Waals surface area contributed by atoms with E-state index in [1.54, 1.807) is 0 Å². The third-order valence-corrected chi connectivity index (χ3v) is 5.92. The van der Waals surface area contributed by atoms with Gasteiger partial charge in [0.05, 0.1) is 13.2 Å². The molecule has 0 heterocycles. The number of hydrogen-bond acceptors (Lipinski definition) is 4. The van der Waals surface area contributed by atoms with Gasteiger partial charge in [0, 0.05) is 12.5 Å². The van der Waals surface area contributed by atoms with E-state index in [0.717, 1.165) is 28.7 Å². The minimum absolute atomic E-state index is 0.0476. The van der Waals surface area contributed by atoms with Gasteiger partial charge >= 0.3 is 5.97 Å². The molecule has 4 heteroatoms. The first-order chi connectivity index (χ1) is 14.6. The molecular weight excluding hydrogens is 376 g/mol. The number of aliphatic hydroxyl groups is 1. The lowest BCUT2D eigenvalue weighted by Crippen LogP contribution is -2.10. The summed E-state index contributed by atoms with van der Waals surface area (Å²) in [5, 5.41) is 9.07. The zero-order valence-electron chi connectivity index (χ0n) is 17.8. The van der Waals surface area contributed by atoms with Crippen LogP contribution in [0.5, 0.6) is 5.75 Å². The van der Waals surface area contributed by atoms with Gasteiger partial charge in [0.1, 0.15) is 12.4 Å². The van der Waals surface area contributed by atoms with Gasteiger partial charge in [0.2, 0.25) is 0 Å². The number of rotatable bonds is 9. The van der Waals surface area contributed by atoms with Crippen molar-refractivity contribution in [1.29, 1.82) is 0 Å². The fraction of sp³-hybridized carbons (Fsp3) is 0.423. The molecule has 1 aliphatic rings. The largest absolute Gasteiger partial charge is 0.491 e. The number of carbonyl (C=O) groups is 1. The van der Waals surface area contributed by atoms with Crippen molar-refractivity contribution in [3.8, 4) is 16.9 Å². The number of esters is 1. The Balaban J connectivity index is 1.74. The van der Waals surface area contributed by atoms with Gasteiger partial charge in [-0.2, -0.15) is 0 Å². The van der Waals surface area contributed by atoms with E-state index in [1.807, 2.05) is 12.1 Å². The Bertz CT molecular complexity index is 833. The molecule has 0 aliphatic heterocycles. The SMILES string of the molecule is C=CC(=O)OCCc1cc(-c2ccc(C3CCC(C)CC3)cc2)ccc1OCCO. The normalized spacial score (nSPS) is 18.6. The third-order valence-electron chi connectivity index (χ3n) is 5.92. The summed E-state index contributed by atoms with van der Waals surface area (Å²) in [7, 11) is 0. The van der Waals surface area contributed by atoms with Crippen LogP contribution < -0.4 is 4.74 Å². The molecular formula is C26H32O4. The molecule has 2 aromatic rings. The summed E-state index contributed by atoms with van der Waals surface area (Å²) in [6.07, 6.45) is 6.90. The van der Waals surface area contributed by atoms with Gasteiger partial charge < -0.3 is 14.6 Å². The summed E-state index contributed by atoms with van der Waals surface area (Å²) < 4.78 is 10.8. The van der Waals surface area contributed by atoms with Crippen LogP contribution in [-0.4, -0.2) is 30.9 Å². The molecule has 0 aromatic heterocycles. The second-order valence-corrected chi connectivity index (χ2v) is 8.09. The van der Waals surface area contributed by atoms with Crippen LogP contribution in [-0.2, 0) is 16.0 Å². The minimum atomic E-state index is -0.434. The van der Waals surface area contributed by atoms with Crippen molar-refractivity contribution in [1.82, 2.24) is 0 Å². The molecule has 0 spiro atoms. The molecule has 0 bridgehead atoms. The average molecular weight is 409 g/mol. The predicted octanol–water partition coefficient (Wildman–Crippen LogP) is 5.29. The molecule has 1 N–H and O–H groups in total. The van der Waals surface area contributed by atoms with E-state index >= 15 is 0 Å². The van der Waals surface area contributed by atoms with E-state index < -0.39 is 5.97 Å². The maximum absolute atomic E-state index is 11.3. The van der Waals surface area contributed by atoms with E-state index in [9.17, 15) is 4.79 Å². The lowest BCUT2D eigenvalue weighted by atomic mass is 9.79. The number of benzene rings is 2. The molecule has 3 rings (SSSR count). The number of ether oxygens (including phenoxy) is 2. The summed E-state index contributed by atoms with van der Waals surface area (Å²) in [6.45, 7) is 6.20. The smallest absolute Gasteiger partial charge is 0.330 e. The van der Waals surface area contributed by atoms with Gasteiger partial charge in [0.25, 0.3) is 0 Å². The zero-order valence-corrected chi connectivity index (χ0v) is 17.8. The predicted molar refractivity (Wildman–Crippen MR) is 120 cm³/mol. The van der Waals surface area contributed by atoms with Gasteiger partial charge in [-0.1, -0.05) is 56.7 Å². The van der Waals surface area contributed by atoms with E-state index in [-0.39, 0.29) is 19.8 Å². The van der Waals surface area contributed by atoms with Crippen LogP contribution in [0, 0.1) is 5.92 Å². The van der Waals surface area contributed by atoms with Crippen molar-refractivity contribution in [3.63, 3.8) is 0 Å². The molecule has 0 saturated heterocycles. The fourth-order valence-corrected chi connectivity index (χ4v) is 4.11. The standard InChI is InChI=1S/C26H32O4/c1-3-26(28)30-16-14-24-18-23(12-13-25(24)29-17-15-27)22-10-8-21(9-11-22)20-6-4-19(2)5-7-20/h3,8-13,18-20,27H,1,4-7,14-17H2,2H3. The summed E-state index contributed by atoms with van der Waals surface area (Å²) in [5.74, 6) is 1.81. The first kappa shape index (κ1) is 22.1. The van der Waals surface area contributed by atoms with Gasteiger partial charge in [-0.25, -0.2) is 4.79 Å². The van der Waals surface area contributed by atoms with Crippen molar-refractivity contribution >= 4 is 5.97 Å². The molecule has 0 radical (unpaired) electrons. The van der Waals surface area contributed by atoms with Crippen LogP contribution in [0.1, 0.15) is 49.7 Å². The highest BCUT2D eigenvalue weighted by molar-refractivity contribution is 5.81. The highest BCUT2D eigenvalue weighted by atomic mass is 16.5. The molecule has 0 atom stereocenters. The van der Waals surface area contributed by atoms with Crippen LogP contribution in [0.3, 0.4) is 0 Å². The maximum atomic E-state index is 11.3. The third kappa shape index (κ3) is 5.96. The second kappa shape index (κ2) is 11.0. The average Bonchev–Trinajstić information content (AvgIpc) is 2.78. The Hall–Kier alpha value is -2.59. The van der Waals surface area contributed by atoms with Crippen LogP contribution >= 0.6 is 0 Å². The lowest BCUT2D eigenvalue weighted by Gasteiger charge is -2.26. The molecule has 160 valence electrons. The van der Waals surface area contributed by atoms with Crippen LogP contribution in [0.4, 0.5) is 0 Å². The quantitative estimate of drug-likeness (QED) is 0.452. The van der Waals surface area contributed by atoms with Crippen LogP contribution in [0.2, 0.25) is 0 Å². The molecule has 30 heavy (non-hydrogen) atoms. The van der Waals surface area contributed by atoms with Crippen molar-refractivity contribution in [2.24, 2.45) is 5.92 Å². The number of carbonyl (C=O) groups excluding carboxylic acids is 1. The van der Waals surface area contributed by atoms with E-state index in [0.29, 0.717) is 18.1 Å². The number of hydrogen-bond donors (Lipinski definition) is 1. The van der Waals surface area contributed by atoms with E-state index in [1.165, 1.54) is 31.2 Å². The first-order valence-electron chi connectivity index (χ1n) is 10.9. The Morgan fingerprint density at radius 2 is 1.77 bits per heavy atom. The van der Waals surface area contributed by atoms with Crippen molar-refractivity contribution in [2.45, 2.75) is 44.9 Å². The topological polar surface area (TPSA) is 55.8 Å². The fourth-order valence-electron chi connectivity index (χ4n) is 4.11. The van der Waals surface area contributed by atoms with E-state index in [4.69, 9.17) is 14.6 Å². The van der Waals surface area contributed by atoms with Gasteiger partial charge in [-0.15, -0.1) is 0 Å². The molecule has 0 unspecified atom stereocenters. The van der Waals surface area contributed by atoms with Crippen molar-refractivity contribution in [3.05, 3.63) is 66.2 Å². The lowest BCUT2D eigenvalue weighted by molar-refractivity contribution is -0.137. The number of aliphatic hydroxyl groups excluding tert-OH is 1. The maximum Gasteiger partial charge on any atom is 0.330 e.